The molecule has 1 N–H and O–H groups in total. The van der Waals surface area contributed by atoms with E-state index in [1.54, 1.807) is 18.2 Å². The van der Waals surface area contributed by atoms with Crippen LogP contribution >= 0.6 is 0 Å². The van der Waals surface area contributed by atoms with Gasteiger partial charge < -0.3 is 14.8 Å². The van der Waals surface area contributed by atoms with E-state index in [0.29, 0.717) is 17.1 Å². The maximum absolute atomic E-state index is 11.6. The Morgan fingerprint density at radius 3 is 2.62 bits per heavy atom. The first-order valence-corrected chi connectivity index (χ1v) is 4.66. The monoisotopic (exact) mass is 219 g/mol. The van der Waals surface area contributed by atoms with Gasteiger partial charge in [-0.3, -0.25) is 4.79 Å². The van der Waals surface area contributed by atoms with Crippen molar-refractivity contribution in [3.63, 3.8) is 0 Å². The normalized spacial score (nSPS) is 9.06. The molecule has 16 heavy (non-hydrogen) atoms. The van der Waals surface area contributed by atoms with Crippen LogP contribution in [0.5, 0.6) is 11.5 Å². The van der Waals surface area contributed by atoms with Crippen LogP contribution in [0.3, 0.4) is 0 Å². The second-order valence-corrected chi connectivity index (χ2v) is 2.96. The van der Waals surface area contributed by atoms with E-state index < -0.39 is 0 Å². The van der Waals surface area contributed by atoms with Gasteiger partial charge in [0.05, 0.1) is 20.8 Å². The molecule has 1 amide bonds. The predicted molar refractivity (Wildman–Crippen MR) is 60.7 cm³/mol. The van der Waals surface area contributed by atoms with E-state index in [9.17, 15) is 4.79 Å². The van der Waals surface area contributed by atoms with Gasteiger partial charge in [-0.05, 0) is 18.2 Å². The zero-order chi connectivity index (χ0) is 12.0. The molecule has 0 unspecified atom stereocenters. The summed E-state index contributed by atoms with van der Waals surface area (Å²) in [5.74, 6) is 3.18. The van der Waals surface area contributed by atoms with E-state index in [-0.39, 0.29) is 12.5 Å². The van der Waals surface area contributed by atoms with Crippen molar-refractivity contribution < 1.29 is 14.3 Å². The van der Waals surface area contributed by atoms with Gasteiger partial charge in [-0.25, -0.2) is 0 Å². The molecule has 0 aliphatic heterocycles. The number of terminal acetylenes is 1. The summed E-state index contributed by atoms with van der Waals surface area (Å²) in [5.41, 5.74) is 0.480. The number of ether oxygens (including phenoxy) is 2. The number of amides is 1. The molecule has 84 valence electrons. The lowest BCUT2D eigenvalue weighted by Crippen LogP contribution is -2.23. The summed E-state index contributed by atoms with van der Waals surface area (Å²) >= 11 is 0. The number of benzene rings is 1. The van der Waals surface area contributed by atoms with Gasteiger partial charge in [-0.1, -0.05) is 5.92 Å². The highest BCUT2D eigenvalue weighted by molar-refractivity contribution is 5.95. The first kappa shape index (κ1) is 11.9. The highest BCUT2D eigenvalue weighted by atomic mass is 16.5. The number of carbonyl (C=O) groups is 1. The minimum absolute atomic E-state index is 0.202. The third kappa shape index (κ3) is 2.67. The number of hydrogen-bond acceptors (Lipinski definition) is 3. The number of nitrogens with one attached hydrogen (secondary N) is 1. The summed E-state index contributed by atoms with van der Waals surface area (Å²) < 4.78 is 10.1. The molecule has 0 saturated carbocycles. The molecule has 0 aromatic heterocycles. The minimum Gasteiger partial charge on any atom is -0.493 e. The topological polar surface area (TPSA) is 47.6 Å². The van der Waals surface area contributed by atoms with Crippen LogP contribution in [-0.2, 0) is 0 Å². The highest BCUT2D eigenvalue weighted by Crippen LogP contribution is 2.27. The van der Waals surface area contributed by atoms with E-state index in [1.165, 1.54) is 14.2 Å². The van der Waals surface area contributed by atoms with Crippen molar-refractivity contribution >= 4 is 5.91 Å². The van der Waals surface area contributed by atoms with Gasteiger partial charge in [0, 0.05) is 5.56 Å². The number of carbonyl (C=O) groups excluding carboxylic acids is 1. The summed E-state index contributed by atoms with van der Waals surface area (Å²) in [6.45, 7) is 0.202. The van der Waals surface area contributed by atoms with Crippen molar-refractivity contribution in [3.05, 3.63) is 23.8 Å². The number of hydrogen-bond donors (Lipinski definition) is 1. The fourth-order valence-corrected chi connectivity index (χ4v) is 1.21. The Kier molecular flexibility index (Phi) is 4.22. The van der Waals surface area contributed by atoms with Gasteiger partial charge in [-0.2, -0.15) is 0 Å². The first-order valence-electron chi connectivity index (χ1n) is 4.66. The van der Waals surface area contributed by atoms with Gasteiger partial charge in [0.25, 0.3) is 5.91 Å². The Hall–Kier alpha value is -2.15. The molecule has 0 heterocycles. The Balaban J connectivity index is 2.91. The van der Waals surface area contributed by atoms with Crippen LogP contribution in [0.15, 0.2) is 18.2 Å². The van der Waals surface area contributed by atoms with Crippen molar-refractivity contribution in [2.75, 3.05) is 20.8 Å². The molecular weight excluding hydrogens is 206 g/mol. The average Bonchev–Trinajstić information content (AvgIpc) is 2.34. The molecular formula is C12H13NO3. The molecule has 0 fully saturated rings. The molecule has 0 bridgehead atoms. The second kappa shape index (κ2) is 5.66. The zero-order valence-corrected chi connectivity index (χ0v) is 9.24. The number of methoxy groups -OCH3 is 2. The van der Waals surface area contributed by atoms with Crippen LogP contribution in [0.2, 0.25) is 0 Å². The van der Waals surface area contributed by atoms with Crippen LogP contribution in [0.4, 0.5) is 0 Å². The van der Waals surface area contributed by atoms with Crippen molar-refractivity contribution in [2.45, 2.75) is 0 Å². The molecule has 1 aromatic rings. The minimum atomic E-state index is -0.237. The van der Waals surface area contributed by atoms with Crippen molar-refractivity contribution in [1.29, 1.82) is 0 Å². The van der Waals surface area contributed by atoms with E-state index in [4.69, 9.17) is 15.9 Å². The summed E-state index contributed by atoms with van der Waals surface area (Å²) in [7, 11) is 3.05. The third-order valence-corrected chi connectivity index (χ3v) is 2.00. The predicted octanol–water partition coefficient (Wildman–Crippen LogP) is 1.07. The fraction of sp³-hybridized carbons (Fsp3) is 0.250. The van der Waals surface area contributed by atoms with E-state index in [2.05, 4.69) is 11.2 Å². The standard InChI is InChI=1S/C12H13NO3/c1-4-7-13-12(14)9-5-6-10(15-2)11(8-9)16-3/h1,5-6,8H,7H2,2-3H3,(H,13,14). The lowest BCUT2D eigenvalue weighted by molar-refractivity contribution is 0.0958. The van der Waals surface area contributed by atoms with Crippen LogP contribution in [-0.4, -0.2) is 26.7 Å². The van der Waals surface area contributed by atoms with Gasteiger partial charge >= 0.3 is 0 Å². The van der Waals surface area contributed by atoms with Crippen LogP contribution in [0.25, 0.3) is 0 Å². The molecule has 1 rings (SSSR count). The molecule has 0 spiro atoms. The van der Waals surface area contributed by atoms with Gasteiger partial charge in [0.1, 0.15) is 0 Å². The first-order chi connectivity index (χ1) is 7.72. The largest absolute Gasteiger partial charge is 0.493 e. The molecule has 4 nitrogen and oxygen atoms in total. The summed E-state index contributed by atoms with van der Waals surface area (Å²) in [6, 6.07) is 4.92. The van der Waals surface area contributed by atoms with Crippen LogP contribution in [0, 0.1) is 12.3 Å². The molecule has 0 atom stereocenters. The van der Waals surface area contributed by atoms with Crippen molar-refractivity contribution in [1.82, 2.24) is 5.32 Å². The molecule has 0 aliphatic rings. The van der Waals surface area contributed by atoms with Crippen LogP contribution in [0.1, 0.15) is 10.4 Å². The Labute approximate surface area is 94.6 Å². The average molecular weight is 219 g/mol. The van der Waals surface area contributed by atoms with E-state index in [1.807, 2.05) is 0 Å². The molecule has 1 aromatic carbocycles. The lowest BCUT2D eigenvalue weighted by atomic mass is 10.2. The van der Waals surface area contributed by atoms with E-state index >= 15 is 0 Å². The summed E-state index contributed by atoms with van der Waals surface area (Å²) in [5, 5.41) is 2.57. The molecule has 4 heteroatoms. The molecule has 0 saturated heterocycles. The van der Waals surface area contributed by atoms with Crippen molar-refractivity contribution in [2.24, 2.45) is 0 Å². The van der Waals surface area contributed by atoms with E-state index in [0.717, 1.165) is 0 Å². The fourth-order valence-electron chi connectivity index (χ4n) is 1.21. The maximum atomic E-state index is 11.6. The van der Waals surface area contributed by atoms with Gasteiger partial charge in [0.15, 0.2) is 11.5 Å². The smallest absolute Gasteiger partial charge is 0.252 e. The maximum Gasteiger partial charge on any atom is 0.252 e. The lowest BCUT2D eigenvalue weighted by Gasteiger charge is -2.09. The summed E-state index contributed by atoms with van der Waals surface area (Å²) in [6.07, 6.45) is 5.05. The Morgan fingerprint density at radius 1 is 1.38 bits per heavy atom. The molecule has 0 aliphatic carbocycles. The Bertz CT molecular complexity index is 421. The quantitative estimate of drug-likeness (QED) is 0.770. The summed E-state index contributed by atoms with van der Waals surface area (Å²) in [4.78, 5) is 11.6. The molecule has 0 radical (unpaired) electrons. The third-order valence-electron chi connectivity index (χ3n) is 2.00. The number of rotatable bonds is 4. The highest BCUT2D eigenvalue weighted by Gasteiger charge is 2.09. The van der Waals surface area contributed by atoms with Gasteiger partial charge in [0.2, 0.25) is 0 Å². The second-order valence-electron chi connectivity index (χ2n) is 2.96. The van der Waals surface area contributed by atoms with Crippen molar-refractivity contribution in [3.8, 4) is 23.8 Å². The van der Waals surface area contributed by atoms with Crippen LogP contribution < -0.4 is 14.8 Å². The van der Waals surface area contributed by atoms with Gasteiger partial charge in [-0.15, -0.1) is 6.42 Å². The zero-order valence-electron chi connectivity index (χ0n) is 9.24. The Morgan fingerprint density at radius 2 is 2.06 bits per heavy atom. The SMILES string of the molecule is C#CCNC(=O)c1ccc(OC)c(OC)c1.